The molecule has 82 valence electrons. The van der Waals surface area contributed by atoms with Gasteiger partial charge < -0.3 is 0 Å². The predicted octanol–water partition coefficient (Wildman–Crippen LogP) is 1.36. The Balaban J connectivity index is -0.0000000177. The molecular weight excluding hydrogens is 284 g/mol. The summed E-state index contributed by atoms with van der Waals surface area (Å²) < 4.78 is 37.5. The summed E-state index contributed by atoms with van der Waals surface area (Å²) in [6, 6.07) is 0. The fourth-order valence-corrected chi connectivity index (χ4v) is 0. The monoisotopic (exact) mass is 288 g/mol. The molecule has 5 nitrogen and oxygen atoms in total. The van der Waals surface area contributed by atoms with Crippen LogP contribution >= 0.6 is 20.4 Å². The summed E-state index contributed by atoms with van der Waals surface area (Å²) in [6.07, 6.45) is 2.06. The van der Waals surface area contributed by atoms with Gasteiger partial charge in [0.2, 0.25) is 0 Å². The van der Waals surface area contributed by atoms with E-state index in [4.69, 9.17) is 34.9 Å². The Hall–Kier alpha value is -0.128. The third-order valence-corrected chi connectivity index (χ3v) is 2.63. The van der Waals surface area contributed by atoms with Gasteiger partial charge in [-0.25, -0.2) is 0 Å². The van der Waals surface area contributed by atoms with Crippen LogP contribution in [-0.2, 0) is 37.9 Å². The van der Waals surface area contributed by atoms with Crippen molar-refractivity contribution in [3.05, 3.63) is 33.3 Å². The fourth-order valence-electron chi connectivity index (χ4n) is 0. The zero-order valence-electron chi connectivity index (χ0n) is 7.44. The van der Waals surface area contributed by atoms with Crippen molar-refractivity contribution in [2.45, 2.75) is 0 Å². The van der Waals surface area contributed by atoms with Gasteiger partial charge in [0.1, 0.15) is 0 Å². The number of rotatable bonds is 1. The van der Waals surface area contributed by atoms with Crippen molar-refractivity contribution in [2.75, 3.05) is 11.5 Å². The van der Waals surface area contributed by atoms with Crippen molar-refractivity contribution in [3.8, 4) is 0 Å². The average Bonchev–Trinajstić information content (AvgIpc) is 2.41. The Kier molecular flexibility index (Phi) is 372. The van der Waals surface area contributed by atoms with E-state index in [1.807, 2.05) is 0 Å². The summed E-state index contributed by atoms with van der Waals surface area (Å²) in [5.41, 5.74) is 0. The first-order valence-electron chi connectivity index (χ1n) is 2.15. The van der Waals surface area contributed by atoms with Gasteiger partial charge in [0.15, 0.2) is 0 Å². The van der Waals surface area contributed by atoms with Crippen molar-refractivity contribution in [1.82, 2.24) is 0 Å². The van der Waals surface area contributed by atoms with Gasteiger partial charge in [-0.15, -0.1) is 0 Å². The molecule has 1 atom stereocenters. The van der Waals surface area contributed by atoms with Gasteiger partial charge in [-0.2, -0.15) is 0 Å². The molecule has 0 aromatic rings. The fraction of sp³-hybridized carbons (Fsp3) is 0.286. The molecule has 0 saturated heterocycles. The molecule has 15 heavy (non-hydrogen) atoms. The van der Waals surface area contributed by atoms with Crippen molar-refractivity contribution in [2.24, 2.45) is 0 Å². The van der Waals surface area contributed by atoms with E-state index >= 15 is 0 Å². The van der Waals surface area contributed by atoms with E-state index in [1.54, 1.807) is 0 Å². The van der Waals surface area contributed by atoms with Crippen LogP contribution in [0.3, 0.4) is 0 Å². The van der Waals surface area contributed by atoms with Crippen LogP contribution in [0.25, 0.3) is 0 Å². The van der Waals surface area contributed by atoms with Crippen LogP contribution in [0.4, 0.5) is 0 Å². The topological polar surface area (TPSA) is 99.5 Å². The van der Waals surface area contributed by atoms with Crippen LogP contribution in [0, 0.1) is 33.3 Å². The van der Waals surface area contributed by atoms with Crippen molar-refractivity contribution >= 4 is 20.4 Å². The molecule has 0 aliphatic heterocycles. The van der Waals surface area contributed by atoms with Crippen LogP contribution in [-0.4, -0.2) is 11.5 Å². The van der Waals surface area contributed by atoms with E-state index in [0.29, 0.717) is 8.77 Å². The first-order chi connectivity index (χ1) is 7.27. The maximum atomic E-state index is 7.50. The zero-order valence-corrected chi connectivity index (χ0v) is 10.3. The van der Waals surface area contributed by atoms with Crippen molar-refractivity contribution in [1.29, 1.82) is 0 Å². The second kappa shape index (κ2) is 153. The summed E-state index contributed by atoms with van der Waals surface area (Å²) in [5.74, 6) is 0. The minimum absolute atomic E-state index is 0.318. The van der Waals surface area contributed by atoms with Crippen molar-refractivity contribution in [3.63, 3.8) is 0 Å². The normalized spacial score (nSPS) is 5.60. The van der Waals surface area contributed by atoms with Gasteiger partial charge in [-0.05, 0) is 0 Å². The van der Waals surface area contributed by atoms with E-state index in [-0.39, 0.29) is 0 Å². The average molecular weight is 289 g/mol. The van der Waals surface area contributed by atoms with Gasteiger partial charge in [0.05, 0.1) is 0 Å². The first-order valence-corrected chi connectivity index (χ1v) is 5.97. The minimum atomic E-state index is 0.318. The van der Waals surface area contributed by atoms with Gasteiger partial charge >= 0.3 is 103 Å². The second-order valence-corrected chi connectivity index (χ2v) is 5.37. The van der Waals surface area contributed by atoms with E-state index in [1.165, 1.54) is 0 Å². The van der Waals surface area contributed by atoms with Crippen LogP contribution in [0.2, 0.25) is 0 Å². The Bertz CT molecular complexity index is 161. The van der Waals surface area contributed by atoms with E-state index < -0.39 is 0 Å². The molecule has 0 saturated carbocycles. The molecule has 0 aromatic carbocycles. The molecule has 1 unspecified atom stereocenters. The molecule has 0 aliphatic rings. The predicted molar refractivity (Wildman–Crippen MR) is 43.9 cm³/mol. The molecule has 0 aliphatic carbocycles. The number of alkyl halides is 1. The molecule has 0 amide bonds. The van der Waals surface area contributed by atoms with Gasteiger partial charge in [0.25, 0.3) is 0 Å². The van der Waals surface area contributed by atoms with Gasteiger partial charge in [0, 0.05) is 0 Å². The summed E-state index contributed by atoms with van der Waals surface area (Å²) in [4.78, 5) is 0. The molecule has 0 rings (SSSR count). The Morgan fingerprint density at radius 3 is 0.933 bits per heavy atom. The van der Waals surface area contributed by atoms with Crippen LogP contribution in [0.5, 0.6) is 0 Å². The molecule has 0 spiro atoms. The SMILES string of the molecule is C[S](=[Cr])CCl.[C-]#[O+].[C-]#[O+].[C-]#[O+].[C-]#[O+].[C-]#[O+]. The molecule has 0 fully saturated rings. The molecule has 0 heterocycles. The first kappa shape index (κ1) is 36.4. The summed E-state index contributed by atoms with van der Waals surface area (Å²) >= 11 is 8.20. The number of hydrogen-bond donors (Lipinski definition) is 0. The third kappa shape index (κ3) is 558. The zero-order chi connectivity index (χ0) is 14.3. The van der Waals surface area contributed by atoms with Crippen LogP contribution in [0.1, 0.15) is 0 Å². The molecule has 0 aromatic heterocycles. The molecule has 0 bridgehead atoms. The summed E-state index contributed by atoms with van der Waals surface area (Å²) in [6.45, 7) is 22.5. The number of hydrogen-bond acceptors (Lipinski definition) is 0. The molecule has 0 N–H and O–H groups in total. The molecular formula is C7H5ClCrO5S. The van der Waals surface area contributed by atoms with Crippen LogP contribution < -0.4 is 0 Å². The third-order valence-electron chi connectivity index (χ3n) is 0.154. The van der Waals surface area contributed by atoms with Gasteiger partial charge in [-0.3, -0.25) is 0 Å². The summed E-state index contributed by atoms with van der Waals surface area (Å²) in [5, 5.41) is 0.750. The van der Waals surface area contributed by atoms with E-state index in [2.05, 4.69) is 54.2 Å². The molecule has 8 heteroatoms. The Morgan fingerprint density at radius 2 is 0.933 bits per heavy atom. The Morgan fingerprint density at radius 1 is 0.867 bits per heavy atom. The maximum absolute atomic E-state index is 7.50. The van der Waals surface area contributed by atoms with Crippen molar-refractivity contribution < 1.29 is 37.9 Å². The van der Waals surface area contributed by atoms with E-state index in [0.717, 1.165) is 5.21 Å². The Labute approximate surface area is 103 Å². The number of halogens is 1. The standard InChI is InChI=1S/C2H5ClS.5CO.Cr/c1-4-2-3;5*1-2;/h2H2,1H3;;;;;;. The van der Waals surface area contributed by atoms with Crippen LogP contribution in [0.15, 0.2) is 0 Å². The van der Waals surface area contributed by atoms with Gasteiger partial charge in [-0.1, -0.05) is 0 Å². The van der Waals surface area contributed by atoms with E-state index in [9.17, 15) is 0 Å². The second-order valence-electron chi connectivity index (χ2n) is 0.682. The molecule has 0 radical (unpaired) electrons. The quantitative estimate of drug-likeness (QED) is 0.395. The summed E-state index contributed by atoms with van der Waals surface area (Å²) in [7, 11) is 0.318.